The molecule has 0 spiro atoms. The van der Waals surface area contributed by atoms with Crippen LogP contribution in [0.3, 0.4) is 0 Å². The molecular formula is C39H41N3O9S. The summed E-state index contributed by atoms with van der Waals surface area (Å²) >= 11 is 1.49. The minimum Gasteiger partial charge on any atom is -0.494 e. The van der Waals surface area contributed by atoms with Crippen LogP contribution in [0.15, 0.2) is 84.5 Å². The van der Waals surface area contributed by atoms with Gasteiger partial charge in [-0.05, 0) is 106 Å². The summed E-state index contributed by atoms with van der Waals surface area (Å²) < 4.78 is 28.2. The quantitative estimate of drug-likeness (QED) is 0.0194. The standard InChI is InChI=1S/C39H41N3O9S/c1-3-36(44)48-23-9-5-4-8-22-47-30-16-18-31(19-17-30)50-37(45)27-12-14-28(15-13-27)38(46)51-34-21-20-32(49-26-43)24-29(34)25-40-42(2)39-41-33-10-6-7-11-35(33)52-39/h3,6-7,10-11,16-21,24-28H,1,4-5,8-9,12-15,22-23H2,2H3/b40-25+. The number of hydrogen-bond acceptors (Lipinski definition) is 13. The zero-order chi connectivity index (χ0) is 36.7. The Bertz CT molecular complexity index is 1830. The first-order valence-electron chi connectivity index (χ1n) is 17.2. The van der Waals surface area contributed by atoms with Crippen LogP contribution in [-0.4, -0.2) is 55.8 Å². The van der Waals surface area contributed by atoms with Gasteiger partial charge in [-0.2, -0.15) is 5.10 Å². The van der Waals surface area contributed by atoms with E-state index in [1.54, 1.807) is 48.5 Å². The number of fused-ring (bicyclic) bond motifs is 1. The van der Waals surface area contributed by atoms with Crippen molar-refractivity contribution in [2.75, 3.05) is 25.3 Å². The Labute approximate surface area is 306 Å². The van der Waals surface area contributed by atoms with Crippen molar-refractivity contribution < 1.29 is 42.9 Å². The molecule has 272 valence electrons. The lowest BCUT2D eigenvalue weighted by Gasteiger charge is -2.26. The predicted molar refractivity (Wildman–Crippen MR) is 197 cm³/mol. The molecule has 1 saturated carbocycles. The molecule has 4 aromatic rings. The van der Waals surface area contributed by atoms with Gasteiger partial charge in [0.2, 0.25) is 5.13 Å². The molecule has 12 nitrogen and oxygen atoms in total. The van der Waals surface area contributed by atoms with Gasteiger partial charge in [0, 0.05) is 18.7 Å². The van der Waals surface area contributed by atoms with Crippen molar-refractivity contribution >= 4 is 57.3 Å². The van der Waals surface area contributed by atoms with Gasteiger partial charge in [0.1, 0.15) is 23.0 Å². The Balaban J connectivity index is 1.07. The molecule has 0 atom stereocenters. The monoisotopic (exact) mass is 727 g/mol. The molecule has 0 radical (unpaired) electrons. The lowest BCUT2D eigenvalue weighted by Crippen LogP contribution is -2.30. The molecule has 0 saturated heterocycles. The molecule has 1 aromatic heterocycles. The first-order chi connectivity index (χ1) is 25.3. The normalized spacial score (nSPS) is 15.5. The zero-order valence-corrected chi connectivity index (χ0v) is 29.8. The molecule has 5 rings (SSSR count). The average Bonchev–Trinajstić information content (AvgIpc) is 3.61. The van der Waals surface area contributed by atoms with Crippen molar-refractivity contribution in [2.45, 2.75) is 51.4 Å². The fourth-order valence-electron chi connectivity index (χ4n) is 5.59. The summed E-state index contributed by atoms with van der Waals surface area (Å²) in [5, 5.41) is 6.79. The number of benzene rings is 3. The molecule has 1 fully saturated rings. The summed E-state index contributed by atoms with van der Waals surface area (Å²) in [6, 6.07) is 19.4. The van der Waals surface area contributed by atoms with E-state index in [1.807, 2.05) is 24.3 Å². The third-order valence-corrected chi connectivity index (χ3v) is 9.56. The minimum atomic E-state index is -0.408. The Morgan fingerprint density at radius 2 is 1.52 bits per heavy atom. The SMILES string of the molecule is C=CC(=O)OCCCCCCOc1ccc(OC(=O)C2CCC(C(=O)Oc3ccc(OC=O)cc3/C=N/N(C)c3nc4ccccc4s3)CC2)cc1. The van der Waals surface area contributed by atoms with E-state index in [2.05, 4.69) is 16.7 Å². The smallest absolute Gasteiger partial charge is 0.330 e. The second-order valence-electron chi connectivity index (χ2n) is 12.1. The number of unbranched alkanes of at least 4 members (excludes halogenated alkanes) is 3. The van der Waals surface area contributed by atoms with E-state index >= 15 is 0 Å². The van der Waals surface area contributed by atoms with Crippen LogP contribution < -0.4 is 24.0 Å². The van der Waals surface area contributed by atoms with Crippen molar-refractivity contribution in [2.24, 2.45) is 16.9 Å². The van der Waals surface area contributed by atoms with Crippen molar-refractivity contribution in [1.82, 2.24) is 4.98 Å². The van der Waals surface area contributed by atoms with Crippen LogP contribution in [0, 0.1) is 11.8 Å². The summed E-state index contributed by atoms with van der Waals surface area (Å²) in [4.78, 5) is 52.8. The largest absolute Gasteiger partial charge is 0.494 e. The Hall–Kier alpha value is -5.56. The van der Waals surface area contributed by atoms with E-state index in [0.717, 1.165) is 42.0 Å². The lowest BCUT2D eigenvalue weighted by molar-refractivity contribution is -0.145. The predicted octanol–water partition coefficient (Wildman–Crippen LogP) is 7.29. The highest BCUT2D eigenvalue weighted by molar-refractivity contribution is 7.22. The molecule has 0 unspecified atom stereocenters. The number of para-hydroxylation sites is 1. The lowest BCUT2D eigenvalue weighted by atomic mass is 9.82. The van der Waals surface area contributed by atoms with E-state index in [0.29, 0.717) is 67.6 Å². The fraction of sp³-hybridized carbons (Fsp3) is 0.333. The van der Waals surface area contributed by atoms with Gasteiger partial charge in [0.25, 0.3) is 6.47 Å². The van der Waals surface area contributed by atoms with Crippen molar-refractivity contribution in [3.8, 4) is 23.0 Å². The van der Waals surface area contributed by atoms with Gasteiger partial charge < -0.3 is 23.7 Å². The van der Waals surface area contributed by atoms with Crippen LogP contribution in [0.1, 0.15) is 56.9 Å². The molecular weight excluding hydrogens is 687 g/mol. The van der Waals surface area contributed by atoms with Gasteiger partial charge in [-0.15, -0.1) is 0 Å². The van der Waals surface area contributed by atoms with Gasteiger partial charge in [-0.3, -0.25) is 14.4 Å². The van der Waals surface area contributed by atoms with E-state index < -0.39 is 17.9 Å². The van der Waals surface area contributed by atoms with Gasteiger partial charge in [-0.1, -0.05) is 30.0 Å². The number of rotatable bonds is 18. The maximum absolute atomic E-state index is 13.3. The number of esters is 3. The van der Waals surface area contributed by atoms with Crippen molar-refractivity contribution in [3.63, 3.8) is 0 Å². The second kappa shape index (κ2) is 19.2. The van der Waals surface area contributed by atoms with Crippen molar-refractivity contribution in [1.29, 1.82) is 0 Å². The minimum absolute atomic E-state index is 0.266. The molecule has 1 aliphatic carbocycles. The molecule has 0 aliphatic heterocycles. The Morgan fingerprint density at radius 3 is 2.21 bits per heavy atom. The average molecular weight is 728 g/mol. The van der Waals surface area contributed by atoms with Crippen LogP contribution >= 0.6 is 11.3 Å². The second-order valence-corrected chi connectivity index (χ2v) is 13.2. The van der Waals surface area contributed by atoms with Gasteiger partial charge >= 0.3 is 17.9 Å². The maximum Gasteiger partial charge on any atom is 0.330 e. The van der Waals surface area contributed by atoms with E-state index in [-0.39, 0.29) is 23.4 Å². The molecule has 13 heteroatoms. The number of thiazole rings is 1. The molecule has 52 heavy (non-hydrogen) atoms. The molecule has 1 heterocycles. The number of hydrogen-bond donors (Lipinski definition) is 0. The molecule has 0 N–H and O–H groups in total. The summed E-state index contributed by atoms with van der Waals surface area (Å²) in [5.41, 5.74) is 1.31. The number of carbonyl (C=O) groups is 4. The van der Waals surface area contributed by atoms with E-state index in [1.165, 1.54) is 23.6 Å². The van der Waals surface area contributed by atoms with Gasteiger partial charge in [0.15, 0.2) is 0 Å². The number of anilines is 1. The highest BCUT2D eigenvalue weighted by Crippen LogP contribution is 2.33. The molecule has 3 aromatic carbocycles. The molecule has 1 aliphatic rings. The number of ether oxygens (including phenoxy) is 5. The number of hydrazone groups is 1. The fourth-order valence-corrected chi connectivity index (χ4v) is 6.47. The number of aromatic nitrogens is 1. The molecule has 0 bridgehead atoms. The van der Waals surface area contributed by atoms with Crippen LogP contribution in [0.4, 0.5) is 5.13 Å². The van der Waals surface area contributed by atoms with Gasteiger partial charge in [0.05, 0.1) is 41.5 Å². The summed E-state index contributed by atoms with van der Waals surface area (Å²) in [6.07, 6.45) is 8.15. The Morgan fingerprint density at radius 1 is 0.865 bits per heavy atom. The van der Waals surface area contributed by atoms with Gasteiger partial charge in [-0.25, -0.2) is 14.8 Å². The highest BCUT2D eigenvalue weighted by atomic mass is 32.1. The van der Waals surface area contributed by atoms with Crippen LogP contribution in [0.25, 0.3) is 10.2 Å². The highest BCUT2D eigenvalue weighted by Gasteiger charge is 2.32. The summed E-state index contributed by atoms with van der Waals surface area (Å²) in [6.45, 7) is 4.63. The first-order valence-corrected chi connectivity index (χ1v) is 18.0. The Kier molecular flexibility index (Phi) is 13.9. The van der Waals surface area contributed by atoms with Crippen LogP contribution in [0.2, 0.25) is 0 Å². The third-order valence-electron chi connectivity index (χ3n) is 8.46. The number of nitrogens with zero attached hydrogens (tertiary/aromatic N) is 3. The third kappa shape index (κ3) is 11.0. The van der Waals surface area contributed by atoms with Crippen LogP contribution in [0.5, 0.6) is 23.0 Å². The van der Waals surface area contributed by atoms with E-state index in [4.69, 9.17) is 23.7 Å². The summed E-state index contributed by atoms with van der Waals surface area (Å²) in [7, 11) is 1.76. The first kappa shape index (κ1) is 37.7. The number of carbonyl (C=O) groups excluding carboxylic acids is 4. The zero-order valence-electron chi connectivity index (χ0n) is 28.9. The van der Waals surface area contributed by atoms with Crippen LogP contribution in [-0.2, 0) is 23.9 Å². The maximum atomic E-state index is 13.3. The van der Waals surface area contributed by atoms with Crippen molar-refractivity contribution in [3.05, 3.63) is 84.9 Å². The molecule has 0 amide bonds. The topological polar surface area (TPSA) is 143 Å². The van der Waals surface area contributed by atoms with E-state index in [9.17, 15) is 19.2 Å². The summed E-state index contributed by atoms with van der Waals surface area (Å²) in [5.74, 6) is -0.222.